The van der Waals surface area contributed by atoms with E-state index in [-0.39, 0.29) is 29.9 Å². The van der Waals surface area contributed by atoms with Crippen LogP contribution in [0.5, 0.6) is 0 Å². The Hall–Kier alpha value is -0.620. The first-order valence-electron chi connectivity index (χ1n) is 5.86. The molecule has 0 atom stereocenters. The Bertz CT molecular complexity index is 361. The summed E-state index contributed by atoms with van der Waals surface area (Å²) < 4.78 is 22.4. The molecule has 1 aliphatic rings. The number of carbonyl (C=O) groups is 1. The van der Waals surface area contributed by atoms with Gasteiger partial charge in [0.25, 0.3) is 0 Å². The van der Waals surface area contributed by atoms with Crippen LogP contribution in [0.3, 0.4) is 0 Å². The fourth-order valence-corrected chi connectivity index (χ4v) is 3.46. The molecular weight excluding hydrogens is 242 g/mol. The number of sulfone groups is 1. The first-order chi connectivity index (χ1) is 7.74. The van der Waals surface area contributed by atoms with Gasteiger partial charge in [-0.1, -0.05) is 0 Å². The van der Waals surface area contributed by atoms with E-state index in [2.05, 4.69) is 5.32 Å². The molecule has 0 radical (unpaired) electrons. The zero-order valence-corrected chi connectivity index (χ0v) is 11.2. The highest BCUT2D eigenvalue weighted by molar-refractivity contribution is 7.91. The third-order valence-electron chi connectivity index (χ3n) is 3.02. The maximum absolute atomic E-state index is 11.7. The highest BCUT2D eigenvalue weighted by Gasteiger charge is 2.27. The van der Waals surface area contributed by atoms with Crippen molar-refractivity contribution in [1.82, 2.24) is 5.32 Å². The molecule has 6 heteroatoms. The lowest BCUT2D eigenvalue weighted by atomic mass is 9.97. The highest BCUT2D eigenvalue weighted by atomic mass is 32.2. The van der Waals surface area contributed by atoms with Gasteiger partial charge in [0.05, 0.1) is 23.7 Å². The Kier molecular flexibility index (Phi) is 4.55. The zero-order chi connectivity index (χ0) is 13.1. The Morgan fingerprint density at radius 2 is 1.88 bits per heavy atom. The Balaban J connectivity index is 2.38. The van der Waals surface area contributed by atoms with Gasteiger partial charge in [-0.25, -0.2) is 8.42 Å². The van der Waals surface area contributed by atoms with Crippen molar-refractivity contribution in [3.63, 3.8) is 0 Å². The van der Waals surface area contributed by atoms with Gasteiger partial charge in [-0.2, -0.15) is 0 Å². The molecule has 0 aromatic carbocycles. The number of nitrogens with one attached hydrogen (secondary N) is 1. The topological polar surface area (TPSA) is 83.5 Å². The maximum atomic E-state index is 11.7. The molecule has 5 nitrogen and oxygen atoms in total. The molecular formula is C11H21NO4S. The summed E-state index contributed by atoms with van der Waals surface area (Å²) >= 11 is 0. The Morgan fingerprint density at radius 1 is 1.35 bits per heavy atom. The molecule has 0 aromatic heterocycles. The predicted octanol–water partition coefficient (Wildman–Crippen LogP) is 0.0884. The molecule has 0 unspecified atom stereocenters. The monoisotopic (exact) mass is 263 g/mol. The summed E-state index contributed by atoms with van der Waals surface area (Å²) in [7, 11) is -2.86. The lowest BCUT2D eigenvalue weighted by Crippen LogP contribution is -2.47. The number of amides is 1. The van der Waals surface area contributed by atoms with Crippen molar-refractivity contribution in [2.24, 2.45) is 5.92 Å². The maximum Gasteiger partial charge on any atom is 0.220 e. The van der Waals surface area contributed by atoms with Gasteiger partial charge < -0.3 is 10.4 Å². The van der Waals surface area contributed by atoms with Crippen LogP contribution >= 0.6 is 0 Å². The van der Waals surface area contributed by atoms with Gasteiger partial charge >= 0.3 is 0 Å². The standard InChI is InChI=1S/C11H21NO4S/c1-11(2,8-13)12-10(14)7-9-3-5-17(15,16)6-4-9/h9,13H,3-8H2,1-2H3,(H,12,14). The quantitative estimate of drug-likeness (QED) is 0.753. The first-order valence-corrected chi connectivity index (χ1v) is 7.68. The normalized spacial score (nSPS) is 21.1. The molecule has 0 spiro atoms. The van der Waals surface area contributed by atoms with E-state index in [1.54, 1.807) is 13.8 Å². The van der Waals surface area contributed by atoms with Crippen LogP contribution in [0.1, 0.15) is 33.1 Å². The van der Waals surface area contributed by atoms with E-state index in [9.17, 15) is 13.2 Å². The number of aliphatic hydroxyl groups is 1. The molecule has 2 N–H and O–H groups in total. The van der Waals surface area contributed by atoms with Crippen molar-refractivity contribution in [2.45, 2.75) is 38.6 Å². The van der Waals surface area contributed by atoms with Crippen molar-refractivity contribution < 1.29 is 18.3 Å². The fraction of sp³-hybridized carbons (Fsp3) is 0.909. The van der Waals surface area contributed by atoms with Gasteiger partial charge in [0.2, 0.25) is 5.91 Å². The van der Waals surface area contributed by atoms with Crippen molar-refractivity contribution in [3.8, 4) is 0 Å². The second-order valence-corrected chi connectivity index (χ2v) is 7.69. The van der Waals surface area contributed by atoms with Crippen LogP contribution in [0, 0.1) is 5.92 Å². The smallest absolute Gasteiger partial charge is 0.220 e. The van der Waals surface area contributed by atoms with Crippen LogP contribution in [0.15, 0.2) is 0 Å². The lowest BCUT2D eigenvalue weighted by Gasteiger charge is -2.26. The number of hydrogen-bond acceptors (Lipinski definition) is 4. The van der Waals surface area contributed by atoms with E-state index in [0.29, 0.717) is 19.3 Å². The van der Waals surface area contributed by atoms with Crippen LogP contribution in [0.2, 0.25) is 0 Å². The molecule has 100 valence electrons. The molecule has 0 saturated carbocycles. The summed E-state index contributed by atoms with van der Waals surface area (Å²) in [5, 5.41) is 11.8. The van der Waals surface area contributed by atoms with Crippen LogP contribution < -0.4 is 5.32 Å². The number of aliphatic hydroxyl groups excluding tert-OH is 1. The predicted molar refractivity (Wildman–Crippen MR) is 65.3 cm³/mol. The lowest BCUT2D eigenvalue weighted by molar-refractivity contribution is -0.124. The van der Waals surface area contributed by atoms with Gasteiger partial charge in [0, 0.05) is 6.42 Å². The van der Waals surface area contributed by atoms with Crippen molar-refractivity contribution >= 4 is 15.7 Å². The summed E-state index contributed by atoms with van der Waals surface area (Å²) in [5.41, 5.74) is -0.613. The number of hydrogen-bond donors (Lipinski definition) is 2. The molecule has 1 fully saturated rings. The van der Waals surface area contributed by atoms with Gasteiger partial charge in [-0.3, -0.25) is 4.79 Å². The average Bonchev–Trinajstić information content (AvgIpc) is 2.20. The first kappa shape index (κ1) is 14.4. The largest absolute Gasteiger partial charge is 0.394 e. The fourth-order valence-electron chi connectivity index (χ4n) is 1.87. The van der Waals surface area contributed by atoms with E-state index in [1.165, 1.54) is 0 Å². The molecule has 1 saturated heterocycles. The van der Waals surface area contributed by atoms with E-state index in [1.807, 2.05) is 0 Å². The van der Waals surface area contributed by atoms with Crippen molar-refractivity contribution in [1.29, 1.82) is 0 Å². The molecule has 0 bridgehead atoms. The van der Waals surface area contributed by atoms with Crippen LogP contribution in [0.4, 0.5) is 0 Å². The summed E-state index contributed by atoms with van der Waals surface area (Å²) in [6, 6.07) is 0. The van der Waals surface area contributed by atoms with Gasteiger partial charge in [0.1, 0.15) is 9.84 Å². The van der Waals surface area contributed by atoms with Crippen LogP contribution in [-0.4, -0.2) is 43.1 Å². The van der Waals surface area contributed by atoms with E-state index < -0.39 is 15.4 Å². The molecule has 0 aliphatic carbocycles. The third kappa shape index (κ3) is 5.04. The molecule has 1 aliphatic heterocycles. The molecule has 1 amide bonds. The Morgan fingerprint density at radius 3 is 2.35 bits per heavy atom. The second kappa shape index (κ2) is 5.35. The summed E-state index contributed by atoms with van der Waals surface area (Å²) in [5.74, 6) is 0.407. The van der Waals surface area contributed by atoms with E-state index >= 15 is 0 Å². The van der Waals surface area contributed by atoms with E-state index in [4.69, 9.17) is 5.11 Å². The Labute approximate surface area is 103 Å². The molecule has 1 heterocycles. The molecule has 0 aromatic rings. The number of carbonyl (C=O) groups excluding carboxylic acids is 1. The minimum atomic E-state index is -2.86. The number of rotatable bonds is 4. The second-order valence-electron chi connectivity index (χ2n) is 5.39. The SMILES string of the molecule is CC(C)(CO)NC(=O)CC1CCS(=O)(=O)CC1. The molecule has 17 heavy (non-hydrogen) atoms. The highest BCUT2D eigenvalue weighted by Crippen LogP contribution is 2.22. The zero-order valence-electron chi connectivity index (χ0n) is 10.4. The minimum Gasteiger partial charge on any atom is -0.394 e. The summed E-state index contributed by atoms with van der Waals surface area (Å²) in [6.45, 7) is 3.38. The van der Waals surface area contributed by atoms with Crippen LogP contribution in [-0.2, 0) is 14.6 Å². The van der Waals surface area contributed by atoms with Crippen molar-refractivity contribution in [2.75, 3.05) is 18.1 Å². The average molecular weight is 263 g/mol. The summed E-state index contributed by atoms with van der Waals surface area (Å²) in [6.07, 6.45) is 1.48. The van der Waals surface area contributed by atoms with Gasteiger partial charge in [0.15, 0.2) is 0 Å². The van der Waals surface area contributed by atoms with Crippen LogP contribution in [0.25, 0.3) is 0 Å². The van der Waals surface area contributed by atoms with Gasteiger partial charge in [-0.05, 0) is 32.6 Å². The summed E-state index contributed by atoms with van der Waals surface area (Å²) in [4.78, 5) is 11.7. The van der Waals surface area contributed by atoms with Crippen molar-refractivity contribution in [3.05, 3.63) is 0 Å². The minimum absolute atomic E-state index is 0.113. The third-order valence-corrected chi connectivity index (χ3v) is 4.74. The van der Waals surface area contributed by atoms with E-state index in [0.717, 1.165) is 0 Å². The van der Waals surface area contributed by atoms with Gasteiger partial charge in [-0.15, -0.1) is 0 Å². The molecule has 1 rings (SSSR count).